The van der Waals surface area contributed by atoms with Crippen LogP contribution in [0.5, 0.6) is 0 Å². The quantitative estimate of drug-likeness (QED) is 0.699. The molecule has 0 spiro atoms. The maximum absolute atomic E-state index is 11.0. The molecular weight excluding hydrogens is 204 g/mol. The molecule has 0 saturated heterocycles. The molecule has 4 heteroatoms. The van der Waals surface area contributed by atoms with Gasteiger partial charge in [-0.15, -0.1) is 0 Å². The van der Waals surface area contributed by atoms with Gasteiger partial charge in [0.1, 0.15) is 6.04 Å². The molecule has 1 aromatic rings. The molecule has 1 aromatic carbocycles. The molecule has 0 aliphatic rings. The highest BCUT2D eigenvalue weighted by atomic mass is 16.4. The van der Waals surface area contributed by atoms with E-state index in [1.807, 2.05) is 49.3 Å². The third kappa shape index (κ3) is 4.42. The summed E-state index contributed by atoms with van der Waals surface area (Å²) in [6, 6.07) is 9.10. The fraction of sp³-hybridized carbons (Fsp3) is 0.417. The minimum atomic E-state index is -0.814. The third-order valence-corrected chi connectivity index (χ3v) is 2.23. The molecule has 16 heavy (non-hydrogen) atoms. The molecule has 88 valence electrons. The minimum absolute atomic E-state index is 0.504. The van der Waals surface area contributed by atoms with Crippen LogP contribution >= 0.6 is 0 Å². The van der Waals surface area contributed by atoms with Crippen molar-refractivity contribution < 1.29 is 9.90 Å². The summed E-state index contributed by atoms with van der Waals surface area (Å²) in [5.74, 6) is -0.814. The highest BCUT2D eigenvalue weighted by Gasteiger charge is 2.16. The van der Waals surface area contributed by atoms with Crippen molar-refractivity contribution >= 4 is 5.97 Å². The number of benzene rings is 1. The van der Waals surface area contributed by atoms with Crippen molar-refractivity contribution in [2.45, 2.75) is 12.5 Å². The fourth-order valence-electron chi connectivity index (χ4n) is 1.39. The van der Waals surface area contributed by atoms with Crippen LogP contribution in [0.3, 0.4) is 0 Å². The van der Waals surface area contributed by atoms with E-state index in [1.165, 1.54) is 0 Å². The van der Waals surface area contributed by atoms with Gasteiger partial charge in [0, 0.05) is 6.67 Å². The Kier molecular flexibility index (Phi) is 4.95. The zero-order chi connectivity index (χ0) is 12.0. The fourth-order valence-corrected chi connectivity index (χ4v) is 1.39. The first-order valence-corrected chi connectivity index (χ1v) is 5.24. The Morgan fingerprint density at radius 3 is 2.50 bits per heavy atom. The van der Waals surface area contributed by atoms with Gasteiger partial charge in [-0.2, -0.15) is 0 Å². The number of nitrogens with one attached hydrogen (secondary N) is 1. The SMILES string of the molecule is CN(C)CN[C@@H](Cc1ccccc1)C(=O)O. The molecule has 0 aliphatic carbocycles. The molecule has 0 fully saturated rings. The predicted octanol–water partition coefficient (Wildman–Crippen LogP) is 0.791. The molecule has 0 bridgehead atoms. The number of carboxylic acid groups (broad SMARTS) is 1. The summed E-state index contributed by atoms with van der Waals surface area (Å²) in [6.45, 7) is 0.559. The third-order valence-electron chi connectivity index (χ3n) is 2.23. The van der Waals surface area contributed by atoms with Gasteiger partial charge in [-0.3, -0.25) is 15.0 Å². The largest absolute Gasteiger partial charge is 0.480 e. The maximum Gasteiger partial charge on any atom is 0.321 e. The van der Waals surface area contributed by atoms with Crippen LogP contribution in [-0.2, 0) is 11.2 Å². The van der Waals surface area contributed by atoms with Crippen LogP contribution in [0.25, 0.3) is 0 Å². The molecule has 0 saturated carbocycles. The van der Waals surface area contributed by atoms with Crippen molar-refractivity contribution in [1.29, 1.82) is 0 Å². The van der Waals surface area contributed by atoms with Crippen LogP contribution in [0, 0.1) is 0 Å². The Morgan fingerprint density at radius 2 is 2.00 bits per heavy atom. The Balaban J connectivity index is 2.55. The average molecular weight is 222 g/mol. The maximum atomic E-state index is 11.0. The molecule has 2 N–H and O–H groups in total. The van der Waals surface area contributed by atoms with E-state index in [9.17, 15) is 4.79 Å². The second kappa shape index (κ2) is 6.25. The second-order valence-corrected chi connectivity index (χ2v) is 4.02. The Morgan fingerprint density at radius 1 is 1.38 bits per heavy atom. The molecule has 0 heterocycles. The van der Waals surface area contributed by atoms with Gasteiger partial charge in [0.05, 0.1) is 0 Å². The number of carbonyl (C=O) groups is 1. The lowest BCUT2D eigenvalue weighted by Gasteiger charge is -2.17. The van der Waals surface area contributed by atoms with E-state index in [2.05, 4.69) is 5.32 Å². The lowest BCUT2D eigenvalue weighted by atomic mass is 10.1. The number of aliphatic carboxylic acids is 1. The average Bonchev–Trinajstić information content (AvgIpc) is 2.25. The first kappa shape index (κ1) is 12.7. The van der Waals surface area contributed by atoms with Crippen molar-refractivity contribution in [3.05, 3.63) is 35.9 Å². The van der Waals surface area contributed by atoms with E-state index in [1.54, 1.807) is 0 Å². The van der Waals surface area contributed by atoms with Gasteiger partial charge in [-0.05, 0) is 26.1 Å². The number of hydrogen-bond acceptors (Lipinski definition) is 3. The molecule has 0 amide bonds. The summed E-state index contributed by atoms with van der Waals surface area (Å²) in [5.41, 5.74) is 1.03. The Labute approximate surface area is 95.9 Å². The Bertz CT molecular complexity index is 325. The highest BCUT2D eigenvalue weighted by molar-refractivity contribution is 5.73. The summed E-state index contributed by atoms with van der Waals surface area (Å²) >= 11 is 0. The minimum Gasteiger partial charge on any atom is -0.480 e. The molecular formula is C12H18N2O2. The van der Waals surface area contributed by atoms with Crippen molar-refractivity contribution in [3.63, 3.8) is 0 Å². The van der Waals surface area contributed by atoms with E-state index in [4.69, 9.17) is 5.11 Å². The normalized spacial score (nSPS) is 12.7. The number of hydrogen-bond donors (Lipinski definition) is 2. The van der Waals surface area contributed by atoms with Crippen molar-refractivity contribution in [1.82, 2.24) is 10.2 Å². The molecule has 4 nitrogen and oxygen atoms in total. The van der Waals surface area contributed by atoms with Gasteiger partial charge in [0.25, 0.3) is 0 Å². The molecule has 0 unspecified atom stereocenters. The predicted molar refractivity (Wildman–Crippen MR) is 63.3 cm³/mol. The van der Waals surface area contributed by atoms with E-state index in [-0.39, 0.29) is 0 Å². The standard InChI is InChI=1S/C12H18N2O2/c1-14(2)9-13-11(12(15)16)8-10-6-4-3-5-7-10/h3-7,11,13H,8-9H2,1-2H3,(H,15,16)/t11-/m0/s1. The topological polar surface area (TPSA) is 52.6 Å². The van der Waals surface area contributed by atoms with Gasteiger partial charge in [0.15, 0.2) is 0 Å². The van der Waals surface area contributed by atoms with Crippen LogP contribution in [0.4, 0.5) is 0 Å². The van der Waals surface area contributed by atoms with E-state index in [0.717, 1.165) is 5.56 Å². The van der Waals surface area contributed by atoms with Gasteiger partial charge in [-0.25, -0.2) is 0 Å². The van der Waals surface area contributed by atoms with Crippen LogP contribution in [0.1, 0.15) is 5.56 Å². The van der Waals surface area contributed by atoms with Crippen LogP contribution < -0.4 is 5.32 Å². The first-order valence-electron chi connectivity index (χ1n) is 5.24. The highest BCUT2D eigenvalue weighted by Crippen LogP contribution is 2.03. The van der Waals surface area contributed by atoms with Gasteiger partial charge >= 0.3 is 5.97 Å². The van der Waals surface area contributed by atoms with Crippen molar-refractivity contribution in [2.24, 2.45) is 0 Å². The van der Waals surface area contributed by atoms with Crippen molar-refractivity contribution in [2.75, 3.05) is 20.8 Å². The Hall–Kier alpha value is -1.39. The smallest absolute Gasteiger partial charge is 0.321 e. The summed E-state index contributed by atoms with van der Waals surface area (Å²) in [4.78, 5) is 12.9. The summed E-state index contributed by atoms with van der Waals surface area (Å²) in [7, 11) is 3.79. The van der Waals surface area contributed by atoms with Crippen molar-refractivity contribution in [3.8, 4) is 0 Å². The van der Waals surface area contributed by atoms with Crippen LogP contribution in [0.15, 0.2) is 30.3 Å². The van der Waals surface area contributed by atoms with Crippen LogP contribution in [-0.4, -0.2) is 42.8 Å². The lowest BCUT2D eigenvalue weighted by molar-refractivity contribution is -0.139. The van der Waals surface area contributed by atoms with E-state index >= 15 is 0 Å². The van der Waals surface area contributed by atoms with E-state index in [0.29, 0.717) is 13.1 Å². The lowest BCUT2D eigenvalue weighted by Crippen LogP contribution is -2.42. The molecule has 0 radical (unpaired) electrons. The monoisotopic (exact) mass is 222 g/mol. The molecule has 0 aliphatic heterocycles. The summed E-state index contributed by atoms with van der Waals surface area (Å²) in [6.07, 6.45) is 0.504. The molecule has 1 atom stereocenters. The van der Waals surface area contributed by atoms with E-state index < -0.39 is 12.0 Å². The summed E-state index contributed by atoms with van der Waals surface area (Å²) < 4.78 is 0. The summed E-state index contributed by atoms with van der Waals surface area (Å²) in [5, 5.41) is 12.1. The van der Waals surface area contributed by atoms with Gasteiger partial charge in [0.2, 0.25) is 0 Å². The second-order valence-electron chi connectivity index (χ2n) is 4.02. The molecule has 1 rings (SSSR count). The van der Waals surface area contributed by atoms with Gasteiger partial charge in [-0.1, -0.05) is 30.3 Å². The molecule has 0 aromatic heterocycles. The van der Waals surface area contributed by atoms with Gasteiger partial charge < -0.3 is 5.11 Å². The number of rotatable bonds is 6. The number of nitrogens with zero attached hydrogens (tertiary/aromatic N) is 1. The zero-order valence-electron chi connectivity index (χ0n) is 9.68. The zero-order valence-corrected chi connectivity index (χ0v) is 9.68. The van der Waals surface area contributed by atoms with Crippen LogP contribution in [0.2, 0.25) is 0 Å². The first-order chi connectivity index (χ1) is 7.59. The number of carboxylic acids is 1.